The highest BCUT2D eigenvalue weighted by Gasteiger charge is 2.31. The van der Waals surface area contributed by atoms with Crippen molar-refractivity contribution in [2.45, 2.75) is 0 Å². The Bertz CT molecular complexity index is 816. The molecule has 0 radical (unpaired) electrons. The van der Waals surface area contributed by atoms with Gasteiger partial charge in [-0.05, 0) is 35.9 Å². The van der Waals surface area contributed by atoms with Crippen molar-refractivity contribution < 1.29 is 23.8 Å². The Morgan fingerprint density at radius 3 is 2.74 bits per heavy atom. The maximum atomic E-state index is 13.3. The largest absolute Gasteiger partial charge is 0.480 e. The number of hydrogen-bond donors (Lipinski definition) is 1. The summed E-state index contributed by atoms with van der Waals surface area (Å²) in [5.74, 6) is -1.85. The SMILES string of the molecule is O=C(O)CN1C(=O)/C(=C\c2cccc(F)c2)Oc2ccccc21. The lowest BCUT2D eigenvalue weighted by molar-refractivity contribution is -0.136. The number of halogens is 1. The fourth-order valence-corrected chi connectivity index (χ4v) is 2.30. The van der Waals surface area contributed by atoms with E-state index in [-0.39, 0.29) is 5.76 Å². The number of hydrogen-bond acceptors (Lipinski definition) is 3. The maximum absolute atomic E-state index is 13.3. The van der Waals surface area contributed by atoms with Crippen LogP contribution in [0.1, 0.15) is 5.56 Å². The Morgan fingerprint density at radius 1 is 1.22 bits per heavy atom. The summed E-state index contributed by atoms with van der Waals surface area (Å²) in [7, 11) is 0. The molecule has 1 aliphatic rings. The van der Waals surface area contributed by atoms with Crippen LogP contribution in [0.25, 0.3) is 6.08 Å². The second kappa shape index (κ2) is 5.92. The van der Waals surface area contributed by atoms with Gasteiger partial charge in [-0.3, -0.25) is 14.5 Å². The molecule has 0 saturated heterocycles. The highest BCUT2D eigenvalue weighted by Crippen LogP contribution is 2.35. The number of fused-ring (bicyclic) bond motifs is 1. The molecule has 23 heavy (non-hydrogen) atoms. The van der Waals surface area contributed by atoms with Gasteiger partial charge in [-0.25, -0.2) is 4.39 Å². The van der Waals surface area contributed by atoms with E-state index in [0.29, 0.717) is 17.0 Å². The van der Waals surface area contributed by atoms with E-state index in [1.54, 1.807) is 30.3 Å². The van der Waals surface area contributed by atoms with Crippen LogP contribution in [0.4, 0.5) is 10.1 Å². The van der Waals surface area contributed by atoms with Crippen molar-refractivity contribution in [3.8, 4) is 5.75 Å². The molecular formula is C17H12FNO4. The zero-order chi connectivity index (χ0) is 16.4. The van der Waals surface area contributed by atoms with Crippen molar-refractivity contribution in [1.82, 2.24) is 0 Å². The van der Waals surface area contributed by atoms with E-state index in [0.717, 1.165) is 4.90 Å². The fraction of sp³-hybridized carbons (Fsp3) is 0.0588. The number of rotatable bonds is 3. The third-order valence-electron chi connectivity index (χ3n) is 3.27. The summed E-state index contributed by atoms with van der Waals surface area (Å²) in [6.45, 7) is -0.486. The van der Waals surface area contributed by atoms with Gasteiger partial charge in [0.05, 0.1) is 5.69 Å². The summed E-state index contributed by atoms with van der Waals surface area (Å²) < 4.78 is 18.8. The normalized spacial score (nSPS) is 15.3. The predicted octanol–water partition coefficient (Wildman–Crippen LogP) is 2.68. The summed E-state index contributed by atoms with van der Waals surface area (Å²) in [4.78, 5) is 24.6. The van der Waals surface area contributed by atoms with Gasteiger partial charge in [0.25, 0.3) is 5.91 Å². The topological polar surface area (TPSA) is 66.8 Å². The van der Waals surface area contributed by atoms with Crippen LogP contribution >= 0.6 is 0 Å². The van der Waals surface area contributed by atoms with Crippen LogP contribution in [-0.4, -0.2) is 23.5 Å². The van der Waals surface area contributed by atoms with Crippen LogP contribution in [0, 0.1) is 5.82 Å². The van der Waals surface area contributed by atoms with Gasteiger partial charge in [-0.1, -0.05) is 24.3 Å². The molecule has 0 fully saturated rings. The second-order valence-corrected chi connectivity index (χ2v) is 4.92. The molecule has 0 unspecified atom stereocenters. The summed E-state index contributed by atoms with van der Waals surface area (Å²) in [6, 6.07) is 12.3. The fourth-order valence-electron chi connectivity index (χ4n) is 2.30. The average Bonchev–Trinajstić information content (AvgIpc) is 2.51. The Labute approximate surface area is 131 Å². The number of nitrogens with zero attached hydrogens (tertiary/aromatic N) is 1. The number of anilines is 1. The third-order valence-corrected chi connectivity index (χ3v) is 3.27. The predicted molar refractivity (Wildman–Crippen MR) is 81.4 cm³/mol. The van der Waals surface area contributed by atoms with Gasteiger partial charge in [0, 0.05) is 0 Å². The van der Waals surface area contributed by atoms with Gasteiger partial charge < -0.3 is 9.84 Å². The Balaban J connectivity index is 2.04. The van der Waals surface area contributed by atoms with Gasteiger partial charge in [-0.2, -0.15) is 0 Å². The zero-order valence-corrected chi connectivity index (χ0v) is 11.9. The second-order valence-electron chi connectivity index (χ2n) is 4.92. The summed E-state index contributed by atoms with van der Waals surface area (Å²) in [5.41, 5.74) is 0.833. The first-order valence-corrected chi connectivity index (χ1v) is 6.82. The van der Waals surface area contributed by atoms with Crippen molar-refractivity contribution >= 4 is 23.6 Å². The highest BCUT2D eigenvalue weighted by molar-refractivity contribution is 6.11. The smallest absolute Gasteiger partial charge is 0.323 e. The molecule has 0 aromatic heterocycles. The molecule has 0 aliphatic carbocycles. The van der Waals surface area contributed by atoms with E-state index in [4.69, 9.17) is 9.84 Å². The van der Waals surface area contributed by atoms with E-state index in [1.165, 1.54) is 24.3 Å². The molecule has 0 spiro atoms. The number of carboxylic acid groups (broad SMARTS) is 1. The van der Waals surface area contributed by atoms with Gasteiger partial charge in [0.1, 0.15) is 12.4 Å². The maximum Gasteiger partial charge on any atom is 0.323 e. The molecule has 1 N–H and O–H groups in total. The van der Waals surface area contributed by atoms with Crippen molar-refractivity contribution in [3.05, 3.63) is 65.7 Å². The first kappa shape index (κ1) is 14.8. The molecule has 3 rings (SSSR count). The van der Waals surface area contributed by atoms with E-state index in [1.807, 2.05) is 0 Å². The number of para-hydroxylation sites is 2. The van der Waals surface area contributed by atoms with Crippen molar-refractivity contribution in [3.63, 3.8) is 0 Å². The highest BCUT2D eigenvalue weighted by atomic mass is 19.1. The number of aliphatic carboxylic acids is 1. The lowest BCUT2D eigenvalue weighted by Gasteiger charge is -2.29. The molecule has 1 heterocycles. The van der Waals surface area contributed by atoms with Crippen LogP contribution in [0.2, 0.25) is 0 Å². The molecule has 0 bridgehead atoms. The Hall–Kier alpha value is -3.15. The number of benzene rings is 2. The van der Waals surface area contributed by atoms with Crippen LogP contribution in [0.3, 0.4) is 0 Å². The number of ether oxygens (including phenoxy) is 1. The quantitative estimate of drug-likeness (QED) is 0.885. The molecule has 116 valence electrons. The van der Waals surface area contributed by atoms with Crippen molar-refractivity contribution in [2.75, 3.05) is 11.4 Å². The summed E-state index contributed by atoms with van der Waals surface area (Å²) in [5, 5.41) is 9.02. The minimum atomic E-state index is -1.14. The van der Waals surface area contributed by atoms with Gasteiger partial charge in [0.15, 0.2) is 11.5 Å². The van der Waals surface area contributed by atoms with Crippen LogP contribution in [-0.2, 0) is 9.59 Å². The molecule has 1 amide bonds. The first-order chi connectivity index (χ1) is 11.0. The summed E-state index contributed by atoms with van der Waals surface area (Å²) in [6.07, 6.45) is 1.39. The minimum Gasteiger partial charge on any atom is -0.480 e. The molecule has 2 aromatic carbocycles. The van der Waals surface area contributed by atoms with E-state index in [9.17, 15) is 14.0 Å². The molecule has 0 saturated carbocycles. The molecule has 6 heteroatoms. The first-order valence-electron chi connectivity index (χ1n) is 6.82. The average molecular weight is 313 g/mol. The number of amides is 1. The standard InChI is InChI=1S/C17H12FNO4/c18-12-5-3-4-11(8-12)9-15-17(22)19(10-16(20)21)13-6-1-2-7-14(13)23-15/h1-9H,10H2,(H,20,21)/b15-9+. The van der Waals surface area contributed by atoms with Crippen LogP contribution in [0.5, 0.6) is 5.75 Å². The van der Waals surface area contributed by atoms with Crippen molar-refractivity contribution in [2.24, 2.45) is 0 Å². The number of carboxylic acids is 1. The molecule has 1 aliphatic heterocycles. The third kappa shape index (κ3) is 3.06. The monoisotopic (exact) mass is 313 g/mol. The lowest BCUT2D eigenvalue weighted by atomic mass is 10.1. The lowest BCUT2D eigenvalue weighted by Crippen LogP contribution is -2.40. The molecular weight excluding hydrogens is 301 g/mol. The van der Waals surface area contributed by atoms with Crippen molar-refractivity contribution in [1.29, 1.82) is 0 Å². The molecule has 2 aromatic rings. The number of carbonyl (C=O) groups excluding carboxylic acids is 1. The van der Waals surface area contributed by atoms with Crippen LogP contribution < -0.4 is 9.64 Å². The number of carbonyl (C=O) groups is 2. The van der Waals surface area contributed by atoms with Gasteiger partial charge >= 0.3 is 5.97 Å². The Morgan fingerprint density at radius 2 is 2.00 bits per heavy atom. The molecule has 5 nitrogen and oxygen atoms in total. The summed E-state index contributed by atoms with van der Waals surface area (Å²) >= 11 is 0. The van der Waals surface area contributed by atoms with E-state index >= 15 is 0 Å². The van der Waals surface area contributed by atoms with E-state index < -0.39 is 24.2 Å². The Kier molecular flexibility index (Phi) is 3.80. The van der Waals surface area contributed by atoms with E-state index in [2.05, 4.69) is 0 Å². The molecule has 0 atom stereocenters. The van der Waals surface area contributed by atoms with Gasteiger partial charge in [-0.15, -0.1) is 0 Å². The van der Waals surface area contributed by atoms with Gasteiger partial charge in [0.2, 0.25) is 0 Å². The zero-order valence-electron chi connectivity index (χ0n) is 11.9. The minimum absolute atomic E-state index is 0.0597. The van der Waals surface area contributed by atoms with Crippen LogP contribution in [0.15, 0.2) is 54.3 Å².